The van der Waals surface area contributed by atoms with E-state index in [-0.39, 0.29) is 0 Å². The summed E-state index contributed by atoms with van der Waals surface area (Å²) >= 11 is 0. The maximum atomic E-state index is 9.33. The summed E-state index contributed by atoms with van der Waals surface area (Å²) in [6.07, 6.45) is 6.79. The molecule has 5 nitrogen and oxygen atoms in total. The van der Waals surface area contributed by atoms with Gasteiger partial charge in [-0.15, -0.1) is 0 Å². The molecule has 0 aliphatic carbocycles. The molecule has 0 saturated carbocycles. The average molecular weight is 269 g/mol. The molecule has 0 aromatic heterocycles. The Kier molecular flexibility index (Phi) is 12.4. The van der Waals surface area contributed by atoms with E-state index in [1.807, 2.05) is 0 Å². The fourth-order valence-electron chi connectivity index (χ4n) is 1.46. The lowest BCUT2D eigenvalue weighted by Crippen LogP contribution is -2.26. The van der Waals surface area contributed by atoms with Gasteiger partial charge in [0, 0.05) is 6.04 Å². The summed E-state index contributed by atoms with van der Waals surface area (Å²) < 4.78 is 29.7. The molecule has 0 fully saturated rings. The highest BCUT2D eigenvalue weighted by Gasteiger charge is 2.06. The Morgan fingerprint density at radius 2 is 1.71 bits per heavy atom. The van der Waals surface area contributed by atoms with Crippen molar-refractivity contribution in [3.8, 4) is 0 Å². The van der Waals surface area contributed by atoms with Crippen LogP contribution in [0.3, 0.4) is 0 Å². The van der Waals surface area contributed by atoms with Crippen molar-refractivity contribution in [3.63, 3.8) is 0 Å². The minimum absolute atomic E-state index is 0.807. The minimum atomic E-state index is -4.16. The fraction of sp³-hybridized carbons (Fsp3) is 1.00. The molecule has 1 atom stereocenters. The summed E-state index contributed by atoms with van der Waals surface area (Å²) in [6.45, 7) is 4.53. The molecule has 0 spiro atoms. The third-order valence-corrected chi connectivity index (χ3v) is 2.97. The average Bonchev–Trinajstić information content (AvgIpc) is 2.24. The van der Waals surface area contributed by atoms with Crippen molar-refractivity contribution in [3.05, 3.63) is 0 Å². The smallest absolute Gasteiger partial charge is 0.306 e. The Labute approximate surface area is 106 Å². The first kappa shape index (κ1) is 19.2. The van der Waals surface area contributed by atoms with Crippen molar-refractivity contribution < 1.29 is 17.2 Å². The molecule has 1 N–H and O–H groups in total. The Morgan fingerprint density at radius 1 is 1.24 bits per heavy atom. The highest BCUT2D eigenvalue weighted by atomic mass is 32.3. The zero-order chi connectivity index (χ0) is 13.9. The van der Waals surface area contributed by atoms with Gasteiger partial charge in [0.15, 0.2) is 0 Å². The summed E-state index contributed by atoms with van der Waals surface area (Å²) in [5, 5.41) is 0. The first-order chi connectivity index (χ1) is 7.78. The fourth-order valence-corrected chi connectivity index (χ4v) is 1.46. The lowest BCUT2D eigenvalue weighted by atomic mass is 10.1. The van der Waals surface area contributed by atoms with Crippen molar-refractivity contribution in [2.45, 2.75) is 52.0 Å². The van der Waals surface area contributed by atoms with Gasteiger partial charge in [-0.1, -0.05) is 33.1 Å². The van der Waals surface area contributed by atoms with Gasteiger partial charge < -0.3 is 4.90 Å². The molecule has 17 heavy (non-hydrogen) atoms. The molecule has 1 unspecified atom stereocenters. The van der Waals surface area contributed by atoms with E-state index >= 15 is 0 Å². The Morgan fingerprint density at radius 3 is 1.94 bits per heavy atom. The van der Waals surface area contributed by atoms with E-state index in [1.165, 1.54) is 32.1 Å². The van der Waals surface area contributed by atoms with Gasteiger partial charge in [-0.25, -0.2) is 0 Å². The normalized spacial score (nSPS) is 13.1. The maximum Gasteiger partial charge on any atom is 0.397 e. The van der Waals surface area contributed by atoms with Crippen LogP contribution in [0.2, 0.25) is 0 Å². The summed E-state index contributed by atoms with van der Waals surface area (Å²) in [4.78, 5) is 2.34. The van der Waals surface area contributed by atoms with Crippen molar-refractivity contribution >= 4 is 10.4 Å². The molecule has 0 amide bonds. The van der Waals surface area contributed by atoms with E-state index in [0.29, 0.717) is 0 Å². The van der Waals surface area contributed by atoms with Gasteiger partial charge in [-0.3, -0.25) is 8.74 Å². The predicted octanol–water partition coefficient (Wildman–Crippen LogP) is 2.34. The number of unbranched alkanes of at least 4 members (excludes halogenated alkanes) is 2. The van der Waals surface area contributed by atoms with Crippen LogP contribution < -0.4 is 0 Å². The van der Waals surface area contributed by atoms with Gasteiger partial charge in [-0.2, -0.15) is 8.42 Å². The molecular formula is C11H27NO4S. The summed E-state index contributed by atoms with van der Waals surface area (Å²) in [6, 6.07) is 0.807. The van der Waals surface area contributed by atoms with Crippen LogP contribution in [0.1, 0.15) is 46.0 Å². The molecule has 0 bridgehead atoms. The quantitative estimate of drug-likeness (QED) is 0.567. The third-order valence-electron chi connectivity index (χ3n) is 2.55. The summed E-state index contributed by atoms with van der Waals surface area (Å²) in [5.74, 6) is 0. The van der Waals surface area contributed by atoms with Crippen molar-refractivity contribution in [2.75, 3.05) is 21.2 Å². The van der Waals surface area contributed by atoms with Gasteiger partial charge >= 0.3 is 10.4 Å². The molecule has 0 radical (unpaired) electrons. The van der Waals surface area contributed by atoms with Gasteiger partial charge in [0.05, 0.1) is 7.11 Å². The van der Waals surface area contributed by atoms with Crippen LogP contribution in [-0.2, 0) is 14.6 Å². The second-order valence-electron chi connectivity index (χ2n) is 4.12. The highest BCUT2D eigenvalue weighted by molar-refractivity contribution is 7.80. The van der Waals surface area contributed by atoms with Crippen molar-refractivity contribution in [1.29, 1.82) is 0 Å². The number of rotatable bonds is 7. The SMILES string of the molecule is CCCCCC(CC)N(C)C.COS(=O)(=O)O. The van der Waals surface area contributed by atoms with E-state index in [4.69, 9.17) is 4.55 Å². The largest absolute Gasteiger partial charge is 0.397 e. The van der Waals surface area contributed by atoms with Crippen LogP contribution >= 0.6 is 0 Å². The minimum Gasteiger partial charge on any atom is -0.306 e. The van der Waals surface area contributed by atoms with E-state index in [0.717, 1.165) is 13.2 Å². The Bertz CT molecular complexity index is 252. The predicted molar refractivity (Wildman–Crippen MR) is 70.5 cm³/mol. The second-order valence-corrected chi connectivity index (χ2v) is 5.30. The molecule has 106 valence electrons. The van der Waals surface area contributed by atoms with Gasteiger partial charge in [0.1, 0.15) is 0 Å². The zero-order valence-corrected chi connectivity index (χ0v) is 12.5. The van der Waals surface area contributed by atoms with E-state index in [1.54, 1.807) is 0 Å². The number of hydrogen-bond acceptors (Lipinski definition) is 4. The van der Waals surface area contributed by atoms with Crippen molar-refractivity contribution in [2.24, 2.45) is 0 Å². The molecule has 0 aromatic rings. The summed E-state index contributed by atoms with van der Waals surface area (Å²) in [5.41, 5.74) is 0. The van der Waals surface area contributed by atoms with Gasteiger partial charge in [0.25, 0.3) is 0 Å². The molecule has 0 aliphatic heterocycles. The van der Waals surface area contributed by atoms with E-state index in [9.17, 15) is 8.42 Å². The number of hydrogen-bond donors (Lipinski definition) is 1. The number of nitrogens with zero attached hydrogens (tertiary/aromatic N) is 1. The van der Waals surface area contributed by atoms with Crippen LogP contribution in [0.15, 0.2) is 0 Å². The zero-order valence-electron chi connectivity index (χ0n) is 11.6. The molecular weight excluding hydrogens is 242 g/mol. The van der Waals surface area contributed by atoms with Crippen LogP contribution in [0, 0.1) is 0 Å². The van der Waals surface area contributed by atoms with E-state index in [2.05, 4.69) is 37.0 Å². The van der Waals surface area contributed by atoms with Gasteiger partial charge in [0.2, 0.25) is 0 Å². The monoisotopic (exact) mass is 269 g/mol. The lowest BCUT2D eigenvalue weighted by Gasteiger charge is -2.22. The molecule has 0 saturated heterocycles. The first-order valence-electron chi connectivity index (χ1n) is 5.97. The summed E-state index contributed by atoms with van der Waals surface area (Å²) in [7, 11) is 1.07. The van der Waals surface area contributed by atoms with E-state index < -0.39 is 10.4 Å². The topological polar surface area (TPSA) is 66.8 Å². The maximum absolute atomic E-state index is 9.33. The lowest BCUT2D eigenvalue weighted by molar-refractivity contribution is 0.265. The third kappa shape index (κ3) is 15.8. The van der Waals surface area contributed by atoms with Crippen LogP contribution in [-0.4, -0.2) is 45.1 Å². The Balaban J connectivity index is 0. The Hall–Kier alpha value is -0.170. The molecule has 0 rings (SSSR count). The highest BCUT2D eigenvalue weighted by Crippen LogP contribution is 2.09. The van der Waals surface area contributed by atoms with Gasteiger partial charge in [-0.05, 0) is 26.9 Å². The van der Waals surface area contributed by atoms with Crippen LogP contribution in [0.5, 0.6) is 0 Å². The molecule has 0 heterocycles. The molecule has 0 aromatic carbocycles. The molecule has 0 aliphatic rings. The first-order valence-corrected chi connectivity index (χ1v) is 7.34. The molecule has 6 heteroatoms. The van der Waals surface area contributed by atoms with Crippen LogP contribution in [0.4, 0.5) is 0 Å². The standard InChI is InChI=1S/C10H23N.CH4O4S/c1-5-7-8-9-10(6-2)11(3)4;1-5-6(2,3)4/h10H,5-9H2,1-4H3;1H3,(H,2,3,4). The van der Waals surface area contributed by atoms with Crippen molar-refractivity contribution in [1.82, 2.24) is 4.90 Å². The van der Waals surface area contributed by atoms with Crippen LogP contribution in [0.25, 0.3) is 0 Å². The second kappa shape index (κ2) is 11.0.